The maximum Gasteiger partial charge on any atom is 0.243 e. The first-order valence-electron chi connectivity index (χ1n) is 5.81. The average Bonchev–Trinajstić information content (AvgIpc) is 2.96. The van der Waals surface area contributed by atoms with Gasteiger partial charge in [-0.25, -0.2) is 5.48 Å². The molecule has 1 aromatic heterocycles. The Morgan fingerprint density at radius 2 is 2.31 bits per heavy atom. The van der Waals surface area contributed by atoms with E-state index in [9.17, 15) is 4.79 Å². The summed E-state index contributed by atoms with van der Waals surface area (Å²) in [6.45, 7) is 0. The summed E-state index contributed by atoms with van der Waals surface area (Å²) in [5, 5.41) is 2.03. The lowest BCUT2D eigenvalue weighted by atomic mass is 10.2. The Hall–Kier alpha value is -0.870. The van der Waals surface area contributed by atoms with Crippen LogP contribution >= 0.6 is 11.3 Å². The summed E-state index contributed by atoms with van der Waals surface area (Å²) in [6, 6.07) is 4.06. The van der Waals surface area contributed by atoms with E-state index in [1.807, 2.05) is 11.4 Å². The Morgan fingerprint density at radius 1 is 1.50 bits per heavy atom. The molecule has 0 aliphatic heterocycles. The van der Waals surface area contributed by atoms with Crippen LogP contribution in [0.2, 0.25) is 0 Å². The van der Waals surface area contributed by atoms with Gasteiger partial charge in [-0.3, -0.25) is 9.63 Å². The number of aryl methyl sites for hydroxylation is 1. The molecule has 0 unspecified atom stereocenters. The Labute approximate surface area is 99.8 Å². The van der Waals surface area contributed by atoms with Crippen LogP contribution in [0.4, 0.5) is 0 Å². The zero-order valence-electron chi connectivity index (χ0n) is 9.28. The fraction of sp³-hybridized carbons (Fsp3) is 0.583. The van der Waals surface area contributed by atoms with Crippen LogP contribution in [0.3, 0.4) is 0 Å². The highest BCUT2D eigenvalue weighted by atomic mass is 32.1. The molecule has 3 nitrogen and oxygen atoms in total. The Bertz CT molecular complexity index is 318. The predicted octanol–water partition coefficient (Wildman–Crippen LogP) is 2.67. The molecule has 2 rings (SSSR count). The molecule has 0 radical (unpaired) electrons. The molecule has 1 saturated carbocycles. The van der Waals surface area contributed by atoms with E-state index < -0.39 is 0 Å². The highest BCUT2D eigenvalue weighted by Crippen LogP contribution is 2.19. The number of rotatable bonds is 5. The summed E-state index contributed by atoms with van der Waals surface area (Å²) in [7, 11) is 0. The first kappa shape index (κ1) is 11.6. The molecule has 1 aliphatic rings. The minimum atomic E-state index is -0.0136. The van der Waals surface area contributed by atoms with Crippen LogP contribution in [0.5, 0.6) is 0 Å². The molecule has 16 heavy (non-hydrogen) atoms. The smallest absolute Gasteiger partial charge is 0.243 e. The highest BCUT2D eigenvalue weighted by Gasteiger charge is 2.16. The predicted molar refractivity (Wildman–Crippen MR) is 64.1 cm³/mol. The van der Waals surface area contributed by atoms with Crippen LogP contribution in [0.1, 0.15) is 37.0 Å². The van der Waals surface area contributed by atoms with Gasteiger partial charge < -0.3 is 0 Å². The van der Waals surface area contributed by atoms with Crippen molar-refractivity contribution < 1.29 is 9.63 Å². The minimum Gasteiger partial charge on any atom is -0.273 e. The molecule has 4 heteroatoms. The standard InChI is InChI=1S/C12H17NO2S/c14-12(8-7-11-6-3-9-16-11)13-15-10-4-1-2-5-10/h3,6,9-10H,1-2,4-5,7-8H2,(H,13,14). The van der Waals surface area contributed by atoms with Gasteiger partial charge in [0, 0.05) is 11.3 Å². The SMILES string of the molecule is O=C(CCc1cccs1)NOC1CCCC1. The van der Waals surface area contributed by atoms with Crippen molar-refractivity contribution in [2.45, 2.75) is 44.6 Å². The van der Waals surface area contributed by atoms with Crippen molar-refractivity contribution in [2.24, 2.45) is 0 Å². The third-order valence-corrected chi connectivity index (χ3v) is 3.76. The third-order valence-electron chi connectivity index (χ3n) is 2.82. The van der Waals surface area contributed by atoms with Gasteiger partial charge in [0.15, 0.2) is 0 Å². The number of thiophene rings is 1. The molecule has 1 N–H and O–H groups in total. The van der Waals surface area contributed by atoms with E-state index >= 15 is 0 Å². The van der Waals surface area contributed by atoms with Crippen molar-refractivity contribution in [3.05, 3.63) is 22.4 Å². The van der Waals surface area contributed by atoms with Crippen LogP contribution < -0.4 is 5.48 Å². The van der Waals surface area contributed by atoms with Gasteiger partial charge in [0.25, 0.3) is 0 Å². The summed E-state index contributed by atoms with van der Waals surface area (Å²) in [5.41, 5.74) is 2.55. The van der Waals surface area contributed by atoms with Gasteiger partial charge in [-0.1, -0.05) is 18.9 Å². The van der Waals surface area contributed by atoms with Gasteiger partial charge in [0.05, 0.1) is 6.10 Å². The number of carbonyl (C=O) groups excluding carboxylic acids is 1. The maximum absolute atomic E-state index is 11.5. The quantitative estimate of drug-likeness (QED) is 0.802. The van der Waals surface area contributed by atoms with E-state index in [4.69, 9.17) is 4.84 Å². The molecule has 1 aliphatic carbocycles. The maximum atomic E-state index is 11.5. The van der Waals surface area contributed by atoms with Crippen molar-refractivity contribution in [1.82, 2.24) is 5.48 Å². The van der Waals surface area contributed by atoms with Crippen LogP contribution in [-0.4, -0.2) is 12.0 Å². The second-order valence-corrected chi connectivity index (χ2v) is 5.16. The van der Waals surface area contributed by atoms with Crippen LogP contribution in [-0.2, 0) is 16.1 Å². The minimum absolute atomic E-state index is 0.0136. The Morgan fingerprint density at radius 3 is 3.00 bits per heavy atom. The number of nitrogens with one attached hydrogen (secondary N) is 1. The molecule has 1 amide bonds. The summed E-state index contributed by atoms with van der Waals surface area (Å²) in [6.07, 6.45) is 6.14. The zero-order chi connectivity index (χ0) is 11.2. The summed E-state index contributed by atoms with van der Waals surface area (Å²) in [4.78, 5) is 18.0. The van der Waals surface area contributed by atoms with Crippen molar-refractivity contribution in [3.8, 4) is 0 Å². The van der Waals surface area contributed by atoms with Crippen molar-refractivity contribution in [3.63, 3.8) is 0 Å². The lowest BCUT2D eigenvalue weighted by Crippen LogP contribution is -2.28. The molecular formula is C12H17NO2S. The Kier molecular flexibility index (Phi) is 4.36. The summed E-state index contributed by atoms with van der Waals surface area (Å²) < 4.78 is 0. The van der Waals surface area contributed by atoms with Crippen molar-refractivity contribution in [2.75, 3.05) is 0 Å². The van der Waals surface area contributed by atoms with E-state index in [0.29, 0.717) is 6.42 Å². The molecule has 88 valence electrons. The zero-order valence-corrected chi connectivity index (χ0v) is 10.1. The number of carbonyl (C=O) groups is 1. The van der Waals surface area contributed by atoms with Crippen LogP contribution in [0.25, 0.3) is 0 Å². The van der Waals surface area contributed by atoms with Gasteiger partial charge in [0.2, 0.25) is 5.91 Å². The normalized spacial score (nSPS) is 16.5. The largest absolute Gasteiger partial charge is 0.273 e. The van der Waals surface area contributed by atoms with Gasteiger partial charge in [0.1, 0.15) is 0 Å². The average molecular weight is 239 g/mol. The first-order chi connectivity index (χ1) is 7.84. The lowest BCUT2D eigenvalue weighted by molar-refractivity contribution is -0.138. The summed E-state index contributed by atoms with van der Waals surface area (Å²) >= 11 is 1.69. The molecule has 1 fully saturated rings. The Balaban J connectivity index is 1.60. The number of hydrogen-bond donors (Lipinski definition) is 1. The molecule has 0 spiro atoms. The highest BCUT2D eigenvalue weighted by molar-refractivity contribution is 7.09. The van der Waals surface area contributed by atoms with Crippen molar-refractivity contribution >= 4 is 17.2 Å². The number of hydroxylamine groups is 1. The fourth-order valence-electron chi connectivity index (χ4n) is 1.90. The van der Waals surface area contributed by atoms with E-state index in [1.54, 1.807) is 11.3 Å². The van der Waals surface area contributed by atoms with Gasteiger partial charge in [-0.2, -0.15) is 0 Å². The van der Waals surface area contributed by atoms with E-state index in [1.165, 1.54) is 17.7 Å². The molecule has 1 heterocycles. The van der Waals surface area contributed by atoms with E-state index in [-0.39, 0.29) is 12.0 Å². The topological polar surface area (TPSA) is 38.3 Å². The second-order valence-electron chi connectivity index (χ2n) is 4.13. The molecular weight excluding hydrogens is 222 g/mol. The molecule has 0 saturated heterocycles. The third kappa shape index (κ3) is 3.61. The molecule has 0 atom stereocenters. The van der Waals surface area contributed by atoms with Crippen LogP contribution in [0, 0.1) is 0 Å². The number of hydrogen-bond acceptors (Lipinski definition) is 3. The second kappa shape index (κ2) is 6.01. The number of amides is 1. The molecule has 1 aromatic rings. The van der Waals surface area contributed by atoms with Crippen LogP contribution in [0.15, 0.2) is 17.5 Å². The van der Waals surface area contributed by atoms with E-state index in [0.717, 1.165) is 19.3 Å². The summed E-state index contributed by atoms with van der Waals surface area (Å²) in [5.74, 6) is -0.0136. The molecule has 0 bridgehead atoms. The first-order valence-corrected chi connectivity index (χ1v) is 6.69. The fourth-order valence-corrected chi connectivity index (χ4v) is 2.61. The lowest BCUT2D eigenvalue weighted by Gasteiger charge is -2.10. The monoisotopic (exact) mass is 239 g/mol. The van der Waals surface area contributed by atoms with Gasteiger partial charge in [-0.15, -0.1) is 11.3 Å². The van der Waals surface area contributed by atoms with Gasteiger partial charge in [-0.05, 0) is 30.7 Å². The van der Waals surface area contributed by atoms with E-state index in [2.05, 4.69) is 11.5 Å². The van der Waals surface area contributed by atoms with Gasteiger partial charge >= 0.3 is 0 Å². The van der Waals surface area contributed by atoms with Crippen molar-refractivity contribution in [1.29, 1.82) is 0 Å². The molecule has 0 aromatic carbocycles.